The van der Waals surface area contributed by atoms with Crippen LogP contribution in [-0.4, -0.2) is 60.3 Å². The van der Waals surface area contributed by atoms with Crippen LogP contribution in [0, 0.1) is 0 Å². The van der Waals surface area contributed by atoms with Crippen molar-refractivity contribution in [3.8, 4) is 0 Å². The van der Waals surface area contributed by atoms with E-state index in [1.165, 1.54) is 51.5 Å². The Morgan fingerprint density at radius 2 is 1.04 bits per heavy atom. The van der Waals surface area contributed by atoms with Crippen molar-refractivity contribution in [2.45, 2.75) is 85.1 Å². The van der Waals surface area contributed by atoms with Gasteiger partial charge in [-0.15, -0.1) is 0 Å². The van der Waals surface area contributed by atoms with Gasteiger partial charge in [0.25, 0.3) is 0 Å². The molecule has 160 valence electrons. The maximum atomic E-state index is 5.96. The molecule has 0 unspecified atom stereocenters. The molecule has 0 rings (SSSR count). The van der Waals surface area contributed by atoms with Crippen LogP contribution in [0.4, 0.5) is 0 Å². The Morgan fingerprint density at radius 3 is 1.50 bits per heavy atom. The zero-order valence-electron chi connectivity index (χ0n) is 18.4. The van der Waals surface area contributed by atoms with Crippen LogP contribution in [0.3, 0.4) is 0 Å². The number of halogens is 1. The lowest BCUT2D eigenvalue weighted by molar-refractivity contribution is -0.890. The summed E-state index contributed by atoms with van der Waals surface area (Å²) in [6.07, 6.45) is 10.8. The predicted molar refractivity (Wildman–Crippen MR) is 110 cm³/mol. The molecular formula is C20H46ClNO3Si. The van der Waals surface area contributed by atoms with Crippen LogP contribution in [0.1, 0.15) is 79.1 Å². The summed E-state index contributed by atoms with van der Waals surface area (Å²) in [5.41, 5.74) is 0. The van der Waals surface area contributed by atoms with Gasteiger partial charge in [-0.1, -0.05) is 39.0 Å². The highest BCUT2D eigenvalue weighted by Gasteiger charge is 2.40. The molecule has 4 nitrogen and oxygen atoms in total. The average Bonchev–Trinajstić information content (AvgIpc) is 2.54. The molecule has 0 aliphatic carbocycles. The highest BCUT2D eigenvalue weighted by atomic mass is 35.5. The summed E-state index contributed by atoms with van der Waals surface area (Å²) < 4.78 is 19.0. The van der Waals surface area contributed by atoms with E-state index in [9.17, 15) is 0 Å². The molecule has 26 heavy (non-hydrogen) atoms. The van der Waals surface area contributed by atoms with Crippen molar-refractivity contribution in [1.29, 1.82) is 0 Å². The van der Waals surface area contributed by atoms with E-state index in [2.05, 4.69) is 21.0 Å². The van der Waals surface area contributed by atoms with Gasteiger partial charge in [0.05, 0.1) is 27.2 Å². The zero-order valence-corrected chi connectivity index (χ0v) is 20.2. The van der Waals surface area contributed by atoms with Crippen LogP contribution in [0.2, 0.25) is 6.04 Å². The summed E-state index contributed by atoms with van der Waals surface area (Å²) in [5, 5.41) is 0. The lowest BCUT2D eigenvalue weighted by Crippen LogP contribution is -3.00. The summed E-state index contributed by atoms with van der Waals surface area (Å²) in [4.78, 5) is 0. The van der Waals surface area contributed by atoms with Gasteiger partial charge in [0, 0.05) is 32.3 Å². The van der Waals surface area contributed by atoms with Crippen LogP contribution in [-0.2, 0) is 13.3 Å². The molecule has 0 spiro atoms. The normalized spacial score (nSPS) is 12.2. The Morgan fingerprint density at radius 1 is 0.615 bits per heavy atom. The molecule has 0 N–H and O–H groups in total. The lowest BCUT2D eigenvalue weighted by Gasteiger charge is -2.32. The SMILES string of the molecule is CCCCCCCCC[N+](C)(C)CCC[Si](OCC)(OCC)OCC.[Cl-]. The van der Waals surface area contributed by atoms with E-state index in [0.29, 0.717) is 19.8 Å². The van der Waals surface area contributed by atoms with Gasteiger partial charge in [-0.25, -0.2) is 0 Å². The van der Waals surface area contributed by atoms with Gasteiger partial charge in [0.15, 0.2) is 0 Å². The summed E-state index contributed by atoms with van der Waals surface area (Å²) in [5.74, 6) is 0. The van der Waals surface area contributed by atoms with Gasteiger partial charge in [0.1, 0.15) is 0 Å². The van der Waals surface area contributed by atoms with Crippen molar-refractivity contribution in [2.75, 3.05) is 47.0 Å². The van der Waals surface area contributed by atoms with Crippen LogP contribution in [0.25, 0.3) is 0 Å². The molecule has 0 atom stereocenters. The molecule has 0 aromatic heterocycles. The Hall–Kier alpha value is 0.347. The van der Waals surface area contributed by atoms with Crippen molar-refractivity contribution in [2.24, 2.45) is 0 Å². The van der Waals surface area contributed by atoms with Crippen molar-refractivity contribution >= 4 is 8.80 Å². The van der Waals surface area contributed by atoms with Crippen LogP contribution in [0.15, 0.2) is 0 Å². The number of quaternary nitrogens is 1. The molecule has 6 heteroatoms. The van der Waals surface area contributed by atoms with Crippen molar-refractivity contribution in [3.63, 3.8) is 0 Å². The molecule has 0 aromatic carbocycles. The number of unbranched alkanes of at least 4 members (excludes halogenated alkanes) is 6. The van der Waals surface area contributed by atoms with Gasteiger partial charge >= 0.3 is 8.80 Å². The zero-order chi connectivity index (χ0) is 19.0. The fourth-order valence-electron chi connectivity index (χ4n) is 3.33. The number of hydrogen-bond donors (Lipinski definition) is 0. The quantitative estimate of drug-likeness (QED) is 0.197. The smallest absolute Gasteiger partial charge is 0.501 e. The second-order valence-corrected chi connectivity index (χ2v) is 10.3. The van der Waals surface area contributed by atoms with Gasteiger partial charge < -0.3 is 30.2 Å². The fraction of sp³-hybridized carbons (Fsp3) is 1.00. The topological polar surface area (TPSA) is 27.7 Å². The van der Waals surface area contributed by atoms with E-state index >= 15 is 0 Å². The van der Waals surface area contributed by atoms with E-state index in [1.54, 1.807) is 0 Å². The third-order valence-corrected chi connectivity index (χ3v) is 7.86. The first-order valence-corrected chi connectivity index (χ1v) is 12.6. The van der Waals surface area contributed by atoms with Crippen LogP contribution >= 0.6 is 0 Å². The molecular weight excluding hydrogens is 366 g/mol. The Kier molecular flexibility index (Phi) is 19.2. The second kappa shape index (κ2) is 17.4. The third-order valence-electron chi connectivity index (χ3n) is 4.71. The van der Waals surface area contributed by atoms with E-state index in [4.69, 9.17) is 13.3 Å². The predicted octanol–water partition coefficient (Wildman–Crippen LogP) is 2.26. The number of rotatable bonds is 18. The van der Waals surface area contributed by atoms with E-state index in [1.807, 2.05) is 20.8 Å². The average molecular weight is 412 g/mol. The molecule has 0 amide bonds. The maximum Gasteiger partial charge on any atom is 0.501 e. The van der Waals surface area contributed by atoms with Crippen molar-refractivity contribution in [3.05, 3.63) is 0 Å². The molecule has 0 aliphatic heterocycles. The van der Waals surface area contributed by atoms with E-state index in [-0.39, 0.29) is 12.4 Å². The molecule has 0 heterocycles. The molecule has 0 bridgehead atoms. The van der Waals surface area contributed by atoms with Gasteiger partial charge in [-0.05, 0) is 33.6 Å². The van der Waals surface area contributed by atoms with E-state index in [0.717, 1.165) is 23.5 Å². The maximum absolute atomic E-state index is 5.96. The van der Waals surface area contributed by atoms with Gasteiger partial charge in [0.2, 0.25) is 0 Å². The third kappa shape index (κ3) is 14.4. The minimum absolute atomic E-state index is 0. The number of hydrogen-bond acceptors (Lipinski definition) is 3. The molecule has 0 saturated carbocycles. The second-order valence-electron chi connectivity index (χ2n) is 7.59. The molecule has 0 fully saturated rings. The summed E-state index contributed by atoms with van der Waals surface area (Å²) in [7, 11) is 2.24. The Balaban J connectivity index is 0. The lowest BCUT2D eigenvalue weighted by atomic mass is 10.1. The minimum Gasteiger partial charge on any atom is -1.00 e. The summed E-state index contributed by atoms with van der Waals surface area (Å²) in [6.45, 7) is 12.8. The molecule has 0 saturated heterocycles. The summed E-state index contributed by atoms with van der Waals surface area (Å²) >= 11 is 0. The van der Waals surface area contributed by atoms with Crippen LogP contribution in [0.5, 0.6) is 0 Å². The molecule has 0 aliphatic rings. The van der Waals surface area contributed by atoms with Crippen molar-refractivity contribution < 1.29 is 30.2 Å². The molecule has 0 aromatic rings. The van der Waals surface area contributed by atoms with Gasteiger partial charge in [-0.3, -0.25) is 0 Å². The Bertz CT molecular complexity index is 290. The first-order chi connectivity index (χ1) is 11.9. The standard InChI is InChI=1S/C20H46NO3Si.ClH/c1-7-11-12-13-14-15-16-18-21(5,6)19-17-20-25(22-8-2,23-9-3)24-10-4;/h7-20H2,1-6H3;1H/q+1;/p-1. The summed E-state index contributed by atoms with van der Waals surface area (Å²) in [6, 6.07) is 0.932. The van der Waals surface area contributed by atoms with Crippen LogP contribution < -0.4 is 12.4 Å². The van der Waals surface area contributed by atoms with E-state index < -0.39 is 8.80 Å². The highest BCUT2D eigenvalue weighted by Crippen LogP contribution is 2.19. The number of nitrogens with zero attached hydrogens (tertiary/aromatic N) is 1. The highest BCUT2D eigenvalue weighted by molar-refractivity contribution is 6.60. The first-order valence-electron chi connectivity index (χ1n) is 10.7. The largest absolute Gasteiger partial charge is 1.00 e. The monoisotopic (exact) mass is 411 g/mol. The van der Waals surface area contributed by atoms with Gasteiger partial charge in [-0.2, -0.15) is 0 Å². The molecule has 0 radical (unpaired) electrons. The van der Waals surface area contributed by atoms with Crippen molar-refractivity contribution in [1.82, 2.24) is 0 Å². The fourth-order valence-corrected chi connectivity index (χ4v) is 5.93. The first kappa shape index (κ1) is 28.6. The Labute approximate surface area is 171 Å². The minimum atomic E-state index is -2.46.